The summed E-state index contributed by atoms with van der Waals surface area (Å²) in [5.41, 5.74) is 0. The summed E-state index contributed by atoms with van der Waals surface area (Å²) in [5, 5.41) is 3.80. The smallest absolute Gasteiger partial charge is 0.0444 e. The molecule has 1 N–H and O–H groups in total. The summed E-state index contributed by atoms with van der Waals surface area (Å²) in [6, 6.07) is 0.702. The van der Waals surface area contributed by atoms with Crippen molar-refractivity contribution in [2.24, 2.45) is 0 Å². The van der Waals surface area contributed by atoms with Crippen molar-refractivity contribution in [1.82, 2.24) is 10.2 Å². The van der Waals surface area contributed by atoms with Crippen LogP contribution in [0.5, 0.6) is 0 Å². The van der Waals surface area contributed by atoms with Gasteiger partial charge in [-0.15, -0.1) is 0 Å². The molecular formula is C11H24N2OS. The topological polar surface area (TPSA) is 32.3 Å². The van der Waals surface area contributed by atoms with E-state index in [4.69, 9.17) is 0 Å². The Hall–Kier alpha value is 0.0700. The number of likely N-dealkylation sites (tertiary alicyclic amines) is 1. The van der Waals surface area contributed by atoms with Crippen LogP contribution in [0.1, 0.15) is 26.7 Å². The summed E-state index contributed by atoms with van der Waals surface area (Å²) in [6.07, 6.45) is 4.27. The molecule has 1 rings (SSSR count). The predicted molar refractivity (Wildman–Crippen MR) is 66.7 cm³/mol. The van der Waals surface area contributed by atoms with Gasteiger partial charge >= 0.3 is 0 Å². The monoisotopic (exact) mass is 232 g/mol. The molecule has 0 bridgehead atoms. The molecule has 0 aliphatic carbocycles. The van der Waals surface area contributed by atoms with Gasteiger partial charge in [0.1, 0.15) is 0 Å². The third kappa shape index (κ3) is 4.62. The van der Waals surface area contributed by atoms with Crippen molar-refractivity contribution in [2.75, 3.05) is 32.4 Å². The minimum atomic E-state index is -0.681. The van der Waals surface area contributed by atoms with Crippen molar-refractivity contribution in [3.05, 3.63) is 0 Å². The van der Waals surface area contributed by atoms with Crippen molar-refractivity contribution in [2.45, 2.75) is 38.0 Å². The van der Waals surface area contributed by atoms with E-state index in [1.807, 2.05) is 0 Å². The summed E-state index contributed by atoms with van der Waals surface area (Å²) >= 11 is 0. The quantitative estimate of drug-likeness (QED) is 0.762. The van der Waals surface area contributed by atoms with E-state index in [-0.39, 0.29) is 0 Å². The van der Waals surface area contributed by atoms with Crippen molar-refractivity contribution in [3.63, 3.8) is 0 Å². The molecule has 1 aliphatic heterocycles. The fraction of sp³-hybridized carbons (Fsp3) is 1.00. The van der Waals surface area contributed by atoms with Crippen molar-refractivity contribution in [3.8, 4) is 0 Å². The Balaban J connectivity index is 2.22. The third-order valence-corrected chi connectivity index (χ3v) is 4.44. The first kappa shape index (κ1) is 13.1. The maximum absolute atomic E-state index is 11.3. The molecule has 2 unspecified atom stereocenters. The second-order valence-electron chi connectivity index (χ2n) is 4.44. The molecule has 4 heteroatoms. The number of piperidine rings is 1. The molecule has 0 amide bonds. The molecule has 0 aromatic carbocycles. The predicted octanol–water partition coefficient (Wildman–Crippen LogP) is 0.827. The first-order chi connectivity index (χ1) is 7.13. The van der Waals surface area contributed by atoms with Gasteiger partial charge in [-0.25, -0.2) is 0 Å². The fourth-order valence-corrected chi connectivity index (χ4v) is 2.50. The summed E-state index contributed by atoms with van der Waals surface area (Å²) in [7, 11) is -0.681. The Bertz CT molecular complexity index is 203. The third-order valence-electron chi connectivity index (χ3n) is 3.16. The molecular weight excluding hydrogens is 208 g/mol. The molecule has 0 aromatic heterocycles. The second kappa shape index (κ2) is 6.61. The van der Waals surface area contributed by atoms with Crippen LogP contribution in [0.15, 0.2) is 0 Å². The van der Waals surface area contributed by atoms with Crippen LogP contribution in [0, 0.1) is 0 Å². The lowest BCUT2D eigenvalue weighted by Crippen LogP contribution is -2.44. The van der Waals surface area contributed by atoms with E-state index in [0.29, 0.717) is 11.3 Å². The fourth-order valence-electron chi connectivity index (χ4n) is 2.08. The van der Waals surface area contributed by atoms with Crippen LogP contribution in [-0.4, -0.2) is 52.8 Å². The molecule has 1 aliphatic rings. The van der Waals surface area contributed by atoms with Gasteiger partial charge in [0.05, 0.1) is 0 Å². The molecule has 0 radical (unpaired) electrons. The van der Waals surface area contributed by atoms with Gasteiger partial charge in [0, 0.05) is 34.9 Å². The Morgan fingerprint density at radius 3 is 2.53 bits per heavy atom. The molecule has 90 valence electrons. The van der Waals surface area contributed by atoms with Gasteiger partial charge in [0.15, 0.2) is 0 Å². The Labute approximate surface area is 96.1 Å². The summed E-state index contributed by atoms with van der Waals surface area (Å²) in [5.74, 6) is 0. The van der Waals surface area contributed by atoms with Gasteiger partial charge in [-0.3, -0.25) is 4.21 Å². The highest BCUT2D eigenvalue weighted by Crippen LogP contribution is 2.11. The number of nitrogens with one attached hydrogen (secondary N) is 1. The minimum Gasteiger partial charge on any atom is -0.314 e. The van der Waals surface area contributed by atoms with Crippen LogP contribution in [0.3, 0.4) is 0 Å². The van der Waals surface area contributed by atoms with Gasteiger partial charge in [0.2, 0.25) is 0 Å². The Morgan fingerprint density at radius 1 is 1.47 bits per heavy atom. The largest absolute Gasteiger partial charge is 0.314 e. The lowest BCUT2D eigenvalue weighted by atomic mass is 10.1. The maximum atomic E-state index is 11.3. The Kier molecular flexibility index (Phi) is 5.79. The molecule has 2 atom stereocenters. The molecule has 1 fully saturated rings. The standard InChI is InChI=1S/C11H24N2OS/c1-4-12-11-5-7-13(8-6-11)9-10(2)15(3)14/h10-12H,4-9H2,1-3H3. The van der Waals surface area contributed by atoms with Crippen LogP contribution in [0.2, 0.25) is 0 Å². The van der Waals surface area contributed by atoms with Crippen molar-refractivity contribution < 1.29 is 4.21 Å². The summed E-state index contributed by atoms with van der Waals surface area (Å²) in [4.78, 5) is 2.44. The van der Waals surface area contributed by atoms with Gasteiger partial charge in [-0.1, -0.05) is 6.92 Å². The molecule has 0 aromatic rings. The SMILES string of the molecule is CCNC1CCN(CC(C)S(C)=O)CC1. The van der Waals surface area contributed by atoms with Gasteiger partial charge in [0.25, 0.3) is 0 Å². The van der Waals surface area contributed by atoms with Crippen LogP contribution in [0.25, 0.3) is 0 Å². The first-order valence-electron chi connectivity index (χ1n) is 5.91. The van der Waals surface area contributed by atoms with E-state index >= 15 is 0 Å². The van der Waals surface area contributed by atoms with Gasteiger partial charge in [-0.2, -0.15) is 0 Å². The van der Waals surface area contributed by atoms with E-state index in [2.05, 4.69) is 24.1 Å². The van der Waals surface area contributed by atoms with Crippen molar-refractivity contribution in [1.29, 1.82) is 0 Å². The number of hydrogen-bond donors (Lipinski definition) is 1. The normalized spacial score (nSPS) is 23.9. The highest BCUT2D eigenvalue weighted by Gasteiger charge is 2.20. The summed E-state index contributed by atoms with van der Waals surface area (Å²) in [6.45, 7) is 8.60. The highest BCUT2D eigenvalue weighted by molar-refractivity contribution is 7.84. The zero-order valence-electron chi connectivity index (χ0n) is 10.2. The van der Waals surface area contributed by atoms with Crippen molar-refractivity contribution >= 4 is 10.8 Å². The van der Waals surface area contributed by atoms with E-state index < -0.39 is 10.8 Å². The zero-order valence-corrected chi connectivity index (χ0v) is 11.0. The van der Waals surface area contributed by atoms with E-state index in [9.17, 15) is 4.21 Å². The van der Waals surface area contributed by atoms with Gasteiger partial charge < -0.3 is 10.2 Å². The lowest BCUT2D eigenvalue weighted by Gasteiger charge is -2.33. The molecule has 3 nitrogen and oxygen atoms in total. The molecule has 0 spiro atoms. The van der Waals surface area contributed by atoms with E-state index in [1.54, 1.807) is 6.26 Å². The van der Waals surface area contributed by atoms with Crippen LogP contribution < -0.4 is 5.32 Å². The second-order valence-corrected chi connectivity index (χ2v) is 6.24. The van der Waals surface area contributed by atoms with Crippen LogP contribution in [0.4, 0.5) is 0 Å². The highest BCUT2D eigenvalue weighted by atomic mass is 32.2. The minimum absolute atomic E-state index is 0.306. The zero-order chi connectivity index (χ0) is 11.3. The number of hydrogen-bond acceptors (Lipinski definition) is 3. The Morgan fingerprint density at radius 2 is 2.07 bits per heavy atom. The number of rotatable bonds is 5. The number of nitrogens with zero attached hydrogens (tertiary/aromatic N) is 1. The first-order valence-corrected chi connectivity index (χ1v) is 7.53. The van der Waals surface area contributed by atoms with Crippen LogP contribution >= 0.6 is 0 Å². The van der Waals surface area contributed by atoms with E-state index in [1.165, 1.54) is 12.8 Å². The summed E-state index contributed by atoms with van der Waals surface area (Å²) < 4.78 is 11.3. The molecule has 15 heavy (non-hydrogen) atoms. The van der Waals surface area contributed by atoms with Gasteiger partial charge in [-0.05, 0) is 39.4 Å². The average molecular weight is 232 g/mol. The average Bonchev–Trinajstić information content (AvgIpc) is 2.21. The molecule has 0 saturated carbocycles. The van der Waals surface area contributed by atoms with Crippen LogP contribution in [-0.2, 0) is 10.8 Å². The molecule has 1 saturated heterocycles. The lowest BCUT2D eigenvalue weighted by molar-refractivity contribution is 0.201. The van der Waals surface area contributed by atoms with E-state index in [0.717, 1.165) is 26.2 Å². The molecule has 1 heterocycles. The maximum Gasteiger partial charge on any atom is 0.0444 e.